The minimum Gasteiger partial charge on any atom is -0.494 e. The van der Waals surface area contributed by atoms with Crippen LogP contribution < -0.4 is 0 Å². The van der Waals surface area contributed by atoms with Gasteiger partial charge in [-0.15, -0.1) is 0 Å². The Bertz CT molecular complexity index is 770. The van der Waals surface area contributed by atoms with Gasteiger partial charge in [-0.2, -0.15) is 0 Å². The molecule has 4 heteroatoms. The fraction of sp³-hybridized carbons (Fsp3) is 0.444. The Morgan fingerprint density at radius 3 is 2.18 bits per heavy atom. The highest BCUT2D eigenvalue weighted by Gasteiger charge is 2.58. The molecule has 1 heterocycles. The zero-order chi connectivity index (χ0) is 15.2. The van der Waals surface area contributed by atoms with Crippen molar-refractivity contribution >= 4 is 22.6 Å². The molecule has 0 aliphatic heterocycles. The summed E-state index contributed by atoms with van der Waals surface area (Å²) in [4.78, 5) is 0. The van der Waals surface area contributed by atoms with E-state index in [2.05, 4.69) is 29.5 Å². The summed E-state index contributed by atoms with van der Waals surface area (Å²) < 4.78 is 2.80. The number of hydrogen-bond donors (Lipinski definition) is 2. The molecule has 114 valence electrons. The van der Waals surface area contributed by atoms with Gasteiger partial charge >= 0.3 is 0 Å². The molecule has 3 nitrogen and oxygen atoms in total. The van der Waals surface area contributed by atoms with Crippen molar-refractivity contribution in [1.29, 1.82) is 0 Å². The van der Waals surface area contributed by atoms with Crippen molar-refractivity contribution in [1.82, 2.24) is 4.57 Å². The van der Waals surface area contributed by atoms with Crippen LogP contribution in [0.1, 0.15) is 47.8 Å². The maximum absolute atomic E-state index is 10.8. The first-order valence-corrected chi connectivity index (χ1v) is 9.08. The van der Waals surface area contributed by atoms with Gasteiger partial charge in [-0.3, -0.25) is 4.57 Å². The minimum absolute atomic E-state index is 0.271. The van der Waals surface area contributed by atoms with Crippen LogP contribution in [0.15, 0.2) is 18.2 Å². The van der Waals surface area contributed by atoms with Crippen molar-refractivity contribution in [2.45, 2.75) is 38.0 Å². The third kappa shape index (κ3) is 1.52. The lowest BCUT2D eigenvalue weighted by atomic mass is 9.68. The number of aromatic hydroxyl groups is 2. The van der Waals surface area contributed by atoms with Gasteiger partial charge in [0.05, 0.1) is 5.69 Å². The second kappa shape index (κ2) is 4.22. The zero-order valence-corrected chi connectivity index (χ0v) is 14.5. The summed E-state index contributed by atoms with van der Waals surface area (Å²) in [7, 11) is 0. The lowest BCUT2D eigenvalue weighted by Gasteiger charge is -2.35. The highest BCUT2D eigenvalue weighted by atomic mass is 127. The Labute approximate surface area is 143 Å². The van der Waals surface area contributed by atoms with Crippen molar-refractivity contribution in [3.8, 4) is 17.4 Å². The van der Waals surface area contributed by atoms with Gasteiger partial charge in [0.2, 0.25) is 11.8 Å². The SMILES string of the molecule is Cc1ccc(-n2c(O)c3c(c2O)[C@@H]2CC[C@H]3[C@H]3C[C@H]32)cc1I. The monoisotopic (exact) mass is 407 g/mol. The van der Waals surface area contributed by atoms with Gasteiger partial charge in [0.1, 0.15) is 0 Å². The van der Waals surface area contributed by atoms with Gasteiger partial charge in [-0.05, 0) is 90.1 Å². The largest absolute Gasteiger partial charge is 0.494 e. The summed E-state index contributed by atoms with van der Waals surface area (Å²) in [5.74, 6) is 2.97. The molecule has 4 atom stereocenters. The van der Waals surface area contributed by atoms with Crippen LogP contribution in [0.3, 0.4) is 0 Å². The zero-order valence-electron chi connectivity index (χ0n) is 12.4. The molecule has 0 amide bonds. The molecule has 0 saturated heterocycles. The number of benzene rings is 1. The van der Waals surface area contributed by atoms with Crippen LogP contribution in [-0.2, 0) is 0 Å². The molecular weight excluding hydrogens is 389 g/mol. The van der Waals surface area contributed by atoms with Crippen LogP contribution in [-0.4, -0.2) is 14.8 Å². The summed E-state index contributed by atoms with van der Waals surface area (Å²) in [5.41, 5.74) is 4.15. The minimum atomic E-state index is 0.271. The smallest absolute Gasteiger partial charge is 0.202 e. The maximum Gasteiger partial charge on any atom is 0.202 e. The van der Waals surface area contributed by atoms with Gasteiger partial charge in [-0.1, -0.05) is 6.07 Å². The van der Waals surface area contributed by atoms with Crippen LogP contribution in [0.2, 0.25) is 0 Å². The van der Waals surface area contributed by atoms with E-state index < -0.39 is 0 Å². The average Bonchev–Trinajstić information content (AvgIpc) is 3.28. The Morgan fingerprint density at radius 1 is 1.05 bits per heavy atom. The number of halogens is 1. The van der Waals surface area contributed by atoms with E-state index in [0.717, 1.165) is 32.2 Å². The second-order valence-corrected chi connectivity index (χ2v) is 8.26. The molecular formula is C18H18INO2. The van der Waals surface area contributed by atoms with Crippen molar-refractivity contribution < 1.29 is 10.2 Å². The van der Waals surface area contributed by atoms with Crippen LogP contribution in [0.4, 0.5) is 0 Å². The molecule has 2 aromatic rings. The van der Waals surface area contributed by atoms with Crippen molar-refractivity contribution in [3.05, 3.63) is 38.5 Å². The standard InChI is InChI=1S/C18H18INO2/c1-8-2-3-9(6-14(8)19)20-17(21)15-10-4-5-11(13-7-12(10)13)16(15)18(20)22/h2-3,6,10-13,21-22H,4-5,7H2,1H3/t10-,11+,12+,13-. The number of aryl methyl sites for hydroxylation is 1. The number of aromatic nitrogens is 1. The van der Waals surface area contributed by atoms with E-state index >= 15 is 0 Å². The van der Waals surface area contributed by atoms with Gasteiger partial charge in [0, 0.05) is 14.7 Å². The first-order chi connectivity index (χ1) is 10.6. The Balaban J connectivity index is 1.74. The molecule has 2 N–H and O–H groups in total. The topological polar surface area (TPSA) is 45.4 Å². The van der Waals surface area contributed by atoms with Gasteiger partial charge in [-0.25, -0.2) is 0 Å². The number of nitrogens with zero attached hydrogens (tertiary/aromatic N) is 1. The molecule has 2 bridgehead atoms. The predicted octanol–water partition coefficient (Wildman–Crippen LogP) is 4.41. The molecule has 0 unspecified atom stereocenters. The quantitative estimate of drug-likeness (QED) is 0.688. The van der Waals surface area contributed by atoms with Crippen LogP contribution in [0.25, 0.3) is 5.69 Å². The molecule has 0 spiro atoms. The highest BCUT2D eigenvalue weighted by Crippen LogP contribution is 2.70. The molecule has 2 fully saturated rings. The van der Waals surface area contributed by atoms with Gasteiger partial charge in [0.25, 0.3) is 0 Å². The van der Waals surface area contributed by atoms with E-state index in [1.54, 1.807) is 4.57 Å². The Morgan fingerprint density at radius 2 is 1.64 bits per heavy atom. The molecule has 1 aromatic heterocycles. The lowest BCUT2D eigenvalue weighted by molar-refractivity contribution is 0.322. The van der Waals surface area contributed by atoms with E-state index in [4.69, 9.17) is 0 Å². The summed E-state index contributed by atoms with van der Waals surface area (Å²) >= 11 is 2.30. The Kier molecular flexibility index (Phi) is 2.55. The summed E-state index contributed by atoms with van der Waals surface area (Å²) in [6.45, 7) is 2.07. The van der Waals surface area contributed by atoms with Crippen LogP contribution in [0.5, 0.6) is 11.8 Å². The molecule has 0 radical (unpaired) electrons. The van der Waals surface area contributed by atoms with Crippen molar-refractivity contribution in [2.75, 3.05) is 0 Å². The van der Waals surface area contributed by atoms with Crippen molar-refractivity contribution in [3.63, 3.8) is 0 Å². The normalized spacial score (nSPS) is 31.0. The third-order valence-corrected chi connectivity index (χ3v) is 7.23. The number of rotatable bonds is 1. The van der Waals surface area contributed by atoms with E-state index in [1.165, 1.54) is 24.8 Å². The molecule has 4 aliphatic rings. The summed E-state index contributed by atoms with van der Waals surface area (Å²) in [5, 5.41) is 21.7. The molecule has 4 aliphatic carbocycles. The van der Waals surface area contributed by atoms with E-state index in [0.29, 0.717) is 11.8 Å². The Hall–Kier alpha value is -1.17. The van der Waals surface area contributed by atoms with Crippen LogP contribution in [0, 0.1) is 22.3 Å². The maximum atomic E-state index is 10.8. The fourth-order valence-electron chi connectivity index (χ4n) is 4.94. The summed E-state index contributed by atoms with van der Waals surface area (Å²) in [6, 6.07) is 6.05. The van der Waals surface area contributed by atoms with Gasteiger partial charge < -0.3 is 10.2 Å². The van der Waals surface area contributed by atoms with E-state index in [1.807, 2.05) is 18.2 Å². The average molecular weight is 407 g/mol. The first kappa shape index (κ1) is 13.3. The molecule has 2 saturated carbocycles. The molecule has 6 rings (SSSR count). The van der Waals surface area contributed by atoms with Gasteiger partial charge in [0.15, 0.2) is 0 Å². The van der Waals surface area contributed by atoms with Crippen LogP contribution >= 0.6 is 22.6 Å². The first-order valence-electron chi connectivity index (χ1n) is 8.01. The number of fused-ring (bicyclic) bond motifs is 1. The molecule has 22 heavy (non-hydrogen) atoms. The van der Waals surface area contributed by atoms with Crippen molar-refractivity contribution in [2.24, 2.45) is 11.8 Å². The van der Waals surface area contributed by atoms with E-state index in [-0.39, 0.29) is 11.8 Å². The summed E-state index contributed by atoms with van der Waals surface area (Å²) in [6.07, 6.45) is 3.62. The fourth-order valence-corrected chi connectivity index (χ4v) is 5.44. The van der Waals surface area contributed by atoms with E-state index in [9.17, 15) is 10.2 Å². The third-order valence-electron chi connectivity index (χ3n) is 6.06. The highest BCUT2D eigenvalue weighted by molar-refractivity contribution is 14.1. The molecule has 1 aromatic carbocycles. The predicted molar refractivity (Wildman–Crippen MR) is 92.9 cm³/mol. The second-order valence-electron chi connectivity index (χ2n) is 7.10. The number of hydrogen-bond acceptors (Lipinski definition) is 2. The lowest BCUT2D eigenvalue weighted by Crippen LogP contribution is -2.22.